The number of carbonyl (C=O) groups is 2. The smallest absolute Gasteiger partial charge is 0.256 e. The van der Waals surface area contributed by atoms with Gasteiger partial charge in [-0.25, -0.2) is 4.98 Å². The van der Waals surface area contributed by atoms with E-state index in [0.717, 1.165) is 10.9 Å². The first kappa shape index (κ1) is 25.3. The van der Waals surface area contributed by atoms with Gasteiger partial charge in [0.25, 0.3) is 5.91 Å². The molecular weight excluding hydrogens is 470 g/mol. The van der Waals surface area contributed by atoms with E-state index in [2.05, 4.69) is 20.6 Å². The zero-order valence-corrected chi connectivity index (χ0v) is 20.8. The number of carbonyl (C=O) groups excluding carboxylic acids is 2. The number of amides is 2. The molecule has 37 heavy (non-hydrogen) atoms. The summed E-state index contributed by atoms with van der Waals surface area (Å²) in [7, 11) is 5.41. The van der Waals surface area contributed by atoms with Crippen LogP contribution in [0, 0.1) is 0 Å². The minimum atomic E-state index is -0.304. The second-order valence-corrected chi connectivity index (χ2v) is 8.36. The topological polar surface area (TPSA) is 106 Å². The van der Waals surface area contributed by atoms with Gasteiger partial charge in [-0.2, -0.15) is 0 Å². The zero-order chi connectivity index (χ0) is 26.2. The van der Waals surface area contributed by atoms with Crippen LogP contribution in [0.4, 0.5) is 11.5 Å². The summed E-state index contributed by atoms with van der Waals surface area (Å²) in [6.07, 6.45) is 6.52. The van der Waals surface area contributed by atoms with Gasteiger partial charge in [-0.15, -0.1) is 0 Å². The van der Waals surface area contributed by atoms with Crippen molar-refractivity contribution in [3.8, 4) is 17.2 Å². The number of nitrogens with one attached hydrogen (secondary N) is 2. The summed E-state index contributed by atoms with van der Waals surface area (Å²) in [5.74, 6) is 1.59. The minimum Gasteiger partial charge on any atom is -0.497 e. The molecule has 2 N–H and O–H groups in total. The average Bonchev–Trinajstić information content (AvgIpc) is 2.89. The van der Waals surface area contributed by atoms with Crippen molar-refractivity contribution in [2.45, 2.75) is 0 Å². The molecule has 0 atom stereocenters. The van der Waals surface area contributed by atoms with Gasteiger partial charge in [0.15, 0.2) is 0 Å². The SMILES string of the molecule is COc1ccnc(NC(=O)c2ccc(Oc3ccnc4ccc(NC(=O)/C=C/CN(C)C)cc34)cc2)c1. The fraction of sp³-hybridized carbons (Fsp3) is 0.143. The molecule has 4 aromatic rings. The number of hydrogen-bond donors (Lipinski definition) is 2. The van der Waals surface area contributed by atoms with Gasteiger partial charge in [-0.3, -0.25) is 14.6 Å². The zero-order valence-electron chi connectivity index (χ0n) is 20.8. The van der Waals surface area contributed by atoms with Crippen molar-refractivity contribution in [3.05, 3.63) is 90.8 Å². The third-order valence-electron chi connectivity index (χ3n) is 5.26. The summed E-state index contributed by atoms with van der Waals surface area (Å²) >= 11 is 0. The molecule has 2 aromatic heterocycles. The Morgan fingerprint density at radius 2 is 1.70 bits per heavy atom. The lowest BCUT2D eigenvalue weighted by atomic mass is 10.1. The Balaban J connectivity index is 1.46. The number of benzene rings is 2. The first-order valence-electron chi connectivity index (χ1n) is 11.5. The van der Waals surface area contributed by atoms with Crippen molar-refractivity contribution < 1.29 is 19.1 Å². The Morgan fingerprint density at radius 1 is 0.919 bits per heavy atom. The number of nitrogens with zero attached hydrogens (tertiary/aromatic N) is 3. The molecule has 0 fully saturated rings. The van der Waals surface area contributed by atoms with Crippen LogP contribution >= 0.6 is 0 Å². The highest BCUT2D eigenvalue weighted by Gasteiger charge is 2.10. The predicted molar refractivity (Wildman–Crippen MR) is 143 cm³/mol. The largest absolute Gasteiger partial charge is 0.497 e. The molecule has 9 heteroatoms. The fourth-order valence-electron chi connectivity index (χ4n) is 3.44. The van der Waals surface area contributed by atoms with Crippen molar-refractivity contribution in [2.24, 2.45) is 0 Å². The standard InChI is InChI=1S/C28H27N5O4/c1-33(2)16-4-5-27(34)31-20-8-11-24-23(17-20)25(13-15-29-24)37-21-9-6-19(7-10-21)28(35)32-26-18-22(36-3)12-14-30-26/h4-15,17-18H,16H2,1-3H3,(H,31,34)(H,30,32,35)/b5-4+. The van der Waals surface area contributed by atoms with Crippen LogP contribution in [0.3, 0.4) is 0 Å². The van der Waals surface area contributed by atoms with Crippen LogP contribution < -0.4 is 20.1 Å². The van der Waals surface area contributed by atoms with Crippen LogP contribution in [-0.4, -0.2) is 54.4 Å². The van der Waals surface area contributed by atoms with Crippen molar-refractivity contribution in [1.29, 1.82) is 0 Å². The number of rotatable bonds is 9. The summed E-state index contributed by atoms with van der Waals surface area (Å²) in [6.45, 7) is 0.672. The Bertz CT molecular complexity index is 1430. The van der Waals surface area contributed by atoms with Crippen molar-refractivity contribution in [3.63, 3.8) is 0 Å². The van der Waals surface area contributed by atoms with E-state index in [0.29, 0.717) is 40.9 Å². The van der Waals surface area contributed by atoms with Crippen molar-refractivity contribution in [1.82, 2.24) is 14.9 Å². The summed E-state index contributed by atoms with van der Waals surface area (Å²) in [5, 5.41) is 6.35. The monoisotopic (exact) mass is 497 g/mol. The molecule has 0 aliphatic heterocycles. The van der Waals surface area contributed by atoms with Gasteiger partial charge < -0.3 is 25.0 Å². The average molecular weight is 498 g/mol. The van der Waals surface area contributed by atoms with Crippen molar-refractivity contribution >= 4 is 34.2 Å². The van der Waals surface area contributed by atoms with E-state index in [1.165, 1.54) is 6.08 Å². The summed E-state index contributed by atoms with van der Waals surface area (Å²) in [5.41, 5.74) is 1.80. The lowest BCUT2D eigenvalue weighted by molar-refractivity contribution is -0.111. The van der Waals surface area contributed by atoms with E-state index in [9.17, 15) is 9.59 Å². The van der Waals surface area contributed by atoms with Crippen molar-refractivity contribution in [2.75, 3.05) is 38.4 Å². The number of pyridine rings is 2. The highest BCUT2D eigenvalue weighted by Crippen LogP contribution is 2.31. The third kappa shape index (κ3) is 6.89. The number of anilines is 2. The maximum absolute atomic E-state index is 12.6. The van der Waals surface area contributed by atoms with Gasteiger partial charge in [0.1, 0.15) is 23.1 Å². The second-order valence-electron chi connectivity index (χ2n) is 8.36. The predicted octanol–water partition coefficient (Wildman–Crippen LogP) is 4.74. The molecular formula is C28H27N5O4. The molecule has 0 unspecified atom stereocenters. The lowest BCUT2D eigenvalue weighted by Crippen LogP contribution is -2.13. The van der Waals surface area contributed by atoms with E-state index in [1.54, 1.807) is 74.1 Å². The number of fused-ring (bicyclic) bond motifs is 1. The van der Waals surface area contributed by atoms with Crippen LogP contribution in [-0.2, 0) is 4.79 Å². The molecule has 2 heterocycles. The van der Waals surface area contributed by atoms with Gasteiger partial charge in [0.2, 0.25) is 5.91 Å². The maximum atomic E-state index is 12.6. The Labute approximate surface area is 214 Å². The van der Waals surface area contributed by atoms with Gasteiger partial charge >= 0.3 is 0 Å². The number of methoxy groups -OCH3 is 1. The number of ether oxygens (including phenoxy) is 2. The summed E-state index contributed by atoms with van der Waals surface area (Å²) < 4.78 is 11.3. The third-order valence-corrected chi connectivity index (χ3v) is 5.26. The quantitative estimate of drug-likeness (QED) is 0.322. The summed E-state index contributed by atoms with van der Waals surface area (Å²) in [4.78, 5) is 35.3. The van der Waals surface area contributed by atoms with E-state index in [-0.39, 0.29) is 11.8 Å². The number of aromatic nitrogens is 2. The molecule has 0 bridgehead atoms. The number of hydrogen-bond acceptors (Lipinski definition) is 7. The van der Waals surface area contributed by atoms with Crippen LogP contribution in [0.2, 0.25) is 0 Å². The Kier molecular flexibility index (Phi) is 8.07. The molecule has 9 nitrogen and oxygen atoms in total. The van der Waals surface area contributed by atoms with E-state index in [4.69, 9.17) is 9.47 Å². The van der Waals surface area contributed by atoms with Gasteiger partial charge in [0.05, 0.1) is 12.6 Å². The van der Waals surface area contributed by atoms with Crippen LogP contribution in [0.25, 0.3) is 10.9 Å². The van der Waals surface area contributed by atoms with Gasteiger partial charge in [0, 0.05) is 47.7 Å². The highest BCUT2D eigenvalue weighted by atomic mass is 16.5. The molecule has 188 valence electrons. The molecule has 0 saturated heterocycles. The summed E-state index contributed by atoms with van der Waals surface area (Å²) in [6, 6.07) is 17.3. The first-order chi connectivity index (χ1) is 17.9. The molecule has 0 aliphatic carbocycles. The van der Waals surface area contributed by atoms with E-state index < -0.39 is 0 Å². The first-order valence-corrected chi connectivity index (χ1v) is 11.5. The second kappa shape index (κ2) is 11.8. The Morgan fingerprint density at radius 3 is 2.46 bits per heavy atom. The fourth-order valence-corrected chi connectivity index (χ4v) is 3.44. The van der Waals surface area contributed by atoms with Crippen LogP contribution in [0.5, 0.6) is 17.2 Å². The normalized spacial score (nSPS) is 11.0. The maximum Gasteiger partial charge on any atom is 0.256 e. The Hall–Kier alpha value is -4.76. The minimum absolute atomic E-state index is 0.217. The molecule has 0 radical (unpaired) electrons. The van der Waals surface area contributed by atoms with Gasteiger partial charge in [-0.05, 0) is 68.7 Å². The van der Waals surface area contributed by atoms with Crippen LogP contribution in [0.15, 0.2) is 85.2 Å². The molecule has 2 aromatic carbocycles. The molecule has 2 amide bonds. The van der Waals surface area contributed by atoms with E-state index in [1.807, 2.05) is 31.1 Å². The van der Waals surface area contributed by atoms with Gasteiger partial charge in [-0.1, -0.05) is 6.08 Å². The molecule has 4 rings (SSSR count). The lowest BCUT2D eigenvalue weighted by Gasteiger charge is -2.11. The molecule has 0 aliphatic rings. The van der Waals surface area contributed by atoms with E-state index >= 15 is 0 Å². The van der Waals surface area contributed by atoms with Crippen LogP contribution in [0.1, 0.15) is 10.4 Å². The molecule has 0 saturated carbocycles. The highest BCUT2D eigenvalue weighted by molar-refractivity contribution is 6.04. The molecule has 0 spiro atoms. The number of likely N-dealkylation sites (N-methyl/N-ethyl adjacent to an activating group) is 1.